The van der Waals surface area contributed by atoms with Gasteiger partial charge in [-0.05, 0) is 64.9 Å². The van der Waals surface area contributed by atoms with Gasteiger partial charge in [-0.25, -0.2) is 4.39 Å². The first-order valence-electron chi connectivity index (χ1n) is 8.88. The van der Waals surface area contributed by atoms with Gasteiger partial charge < -0.3 is 11.1 Å². The summed E-state index contributed by atoms with van der Waals surface area (Å²) in [6.45, 7) is 1.41. The number of carbonyl (C=O) groups excluding carboxylic acids is 2. The van der Waals surface area contributed by atoms with E-state index in [1.165, 1.54) is 30.7 Å². The van der Waals surface area contributed by atoms with Crippen LogP contribution in [0.1, 0.15) is 41.6 Å². The second-order valence-electron chi connectivity index (χ2n) is 6.94. The maximum absolute atomic E-state index is 14.1. The molecule has 1 aliphatic rings. The zero-order valence-electron chi connectivity index (χ0n) is 14.9. The summed E-state index contributed by atoms with van der Waals surface area (Å²) in [5.41, 5.74) is 8.50. The van der Waals surface area contributed by atoms with E-state index in [0.29, 0.717) is 22.7 Å². The molecule has 0 bridgehead atoms. The number of benzene rings is 3. The van der Waals surface area contributed by atoms with E-state index < -0.39 is 11.7 Å². The Kier molecular flexibility index (Phi) is 4.15. The second kappa shape index (κ2) is 6.50. The SMILES string of the molecule is CC(=O)Nc1ccc2c(C3CC3)cccc2c1-c1cc(F)ccc1C(N)=O. The highest BCUT2D eigenvalue weighted by molar-refractivity contribution is 6.11. The van der Waals surface area contributed by atoms with Gasteiger partial charge in [0.15, 0.2) is 0 Å². The smallest absolute Gasteiger partial charge is 0.249 e. The van der Waals surface area contributed by atoms with Crippen LogP contribution in [-0.4, -0.2) is 11.8 Å². The van der Waals surface area contributed by atoms with Gasteiger partial charge in [0.1, 0.15) is 5.82 Å². The molecule has 0 heterocycles. The quantitative estimate of drug-likeness (QED) is 0.713. The van der Waals surface area contributed by atoms with Crippen LogP contribution in [0.15, 0.2) is 48.5 Å². The summed E-state index contributed by atoms with van der Waals surface area (Å²) in [6.07, 6.45) is 2.29. The van der Waals surface area contributed by atoms with Gasteiger partial charge >= 0.3 is 0 Å². The number of primary amides is 1. The molecule has 3 aromatic rings. The molecule has 5 heteroatoms. The molecule has 1 fully saturated rings. The molecule has 1 aliphatic carbocycles. The van der Waals surface area contributed by atoms with E-state index in [4.69, 9.17) is 5.73 Å². The van der Waals surface area contributed by atoms with Crippen molar-refractivity contribution in [1.82, 2.24) is 0 Å². The van der Waals surface area contributed by atoms with Crippen molar-refractivity contribution in [2.75, 3.05) is 5.32 Å². The Hall–Kier alpha value is -3.21. The highest BCUT2D eigenvalue weighted by Gasteiger charge is 2.26. The van der Waals surface area contributed by atoms with Gasteiger partial charge in [0.2, 0.25) is 11.8 Å². The first kappa shape index (κ1) is 17.2. The van der Waals surface area contributed by atoms with Gasteiger partial charge in [-0.15, -0.1) is 0 Å². The molecule has 0 radical (unpaired) electrons. The van der Waals surface area contributed by atoms with Crippen molar-refractivity contribution in [2.45, 2.75) is 25.7 Å². The lowest BCUT2D eigenvalue weighted by molar-refractivity contribution is -0.114. The molecule has 0 saturated heterocycles. The number of hydrogen-bond donors (Lipinski definition) is 2. The fourth-order valence-electron chi connectivity index (χ4n) is 3.65. The predicted octanol–water partition coefficient (Wildman–Crippen LogP) is 4.58. The summed E-state index contributed by atoms with van der Waals surface area (Å²) in [5, 5.41) is 4.71. The number of rotatable bonds is 4. The van der Waals surface area contributed by atoms with Crippen LogP contribution in [0.4, 0.5) is 10.1 Å². The summed E-state index contributed by atoms with van der Waals surface area (Å²) in [4.78, 5) is 23.7. The number of anilines is 1. The van der Waals surface area contributed by atoms with Crippen LogP contribution in [-0.2, 0) is 4.79 Å². The van der Waals surface area contributed by atoms with E-state index in [9.17, 15) is 14.0 Å². The lowest BCUT2D eigenvalue weighted by Crippen LogP contribution is -2.14. The van der Waals surface area contributed by atoms with E-state index in [0.717, 1.165) is 23.6 Å². The summed E-state index contributed by atoms with van der Waals surface area (Å²) in [7, 11) is 0. The average molecular weight is 362 g/mol. The maximum atomic E-state index is 14.1. The standard InChI is InChI=1S/C22H19FN2O2/c1-12(26)25-20-10-9-16-15(13-5-6-13)3-2-4-17(16)21(20)19-11-14(23)7-8-18(19)22(24)27/h2-4,7-11,13H,5-6H2,1H3,(H2,24,27)(H,25,26). The van der Waals surface area contributed by atoms with Crippen molar-refractivity contribution < 1.29 is 14.0 Å². The monoisotopic (exact) mass is 362 g/mol. The van der Waals surface area contributed by atoms with Crippen molar-refractivity contribution in [3.63, 3.8) is 0 Å². The van der Waals surface area contributed by atoms with E-state index in [1.54, 1.807) is 6.07 Å². The predicted molar refractivity (Wildman–Crippen MR) is 104 cm³/mol. The maximum Gasteiger partial charge on any atom is 0.249 e. The average Bonchev–Trinajstić information content (AvgIpc) is 3.45. The fraction of sp³-hybridized carbons (Fsp3) is 0.182. The van der Waals surface area contributed by atoms with Crippen LogP contribution in [0.25, 0.3) is 21.9 Å². The molecule has 4 rings (SSSR count). The first-order chi connectivity index (χ1) is 13.0. The summed E-state index contributed by atoms with van der Waals surface area (Å²) >= 11 is 0. The molecule has 0 aromatic heterocycles. The van der Waals surface area contributed by atoms with Gasteiger partial charge in [-0.1, -0.05) is 24.3 Å². The molecule has 4 nitrogen and oxygen atoms in total. The molecule has 0 spiro atoms. The Morgan fingerprint density at radius 1 is 1.07 bits per heavy atom. The molecule has 3 N–H and O–H groups in total. The van der Waals surface area contributed by atoms with Gasteiger partial charge in [0, 0.05) is 23.7 Å². The fourth-order valence-corrected chi connectivity index (χ4v) is 3.65. The molecular weight excluding hydrogens is 343 g/mol. The number of nitrogens with one attached hydrogen (secondary N) is 1. The van der Waals surface area contributed by atoms with Gasteiger partial charge in [0.05, 0.1) is 0 Å². The molecule has 2 amide bonds. The highest BCUT2D eigenvalue weighted by Crippen LogP contribution is 2.46. The van der Waals surface area contributed by atoms with Gasteiger partial charge in [-0.3, -0.25) is 9.59 Å². The third-order valence-electron chi connectivity index (χ3n) is 4.94. The van der Waals surface area contributed by atoms with Crippen LogP contribution in [0.3, 0.4) is 0 Å². The molecular formula is C22H19FN2O2. The minimum Gasteiger partial charge on any atom is -0.366 e. The third kappa shape index (κ3) is 3.16. The molecule has 0 aliphatic heterocycles. The van der Waals surface area contributed by atoms with Crippen LogP contribution in [0.5, 0.6) is 0 Å². The molecule has 3 aromatic carbocycles. The second-order valence-corrected chi connectivity index (χ2v) is 6.94. The summed E-state index contributed by atoms with van der Waals surface area (Å²) < 4.78 is 14.1. The van der Waals surface area contributed by atoms with E-state index in [1.807, 2.05) is 18.2 Å². The summed E-state index contributed by atoms with van der Waals surface area (Å²) in [6, 6.07) is 13.7. The Bertz CT molecular complexity index is 1090. The zero-order chi connectivity index (χ0) is 19.1. The number of carbonyl (C=O) groups is 2. The van der Waals surface area contributed by atoms with Gasteiger partial charge in [0.25, 0.3) is 0 Å². The topological polar surface area (TPSA) is 72.2 Å². The Morgan fingerprint density at radius 3 is 2.52 bits per heavy atom. The zero-order valence-corrected chi connectivity index (χ0v) is 14.9. The molecule has 136 valence electrons. The van der Waals surface area contributed by atoms with Crippen LogP contribution >= 0.6 is 0 Å². The number of hydrogen-bond acceptors (Lipinski definition) is 2. The number of halogens is 1. The lowest BCUT2D eigenvalue weighted by Gasteiger charge is -2.17. The summed E-state index contributed by atoms with van der Waals surface area (Å²) in [5.74, 6) is -0.837. The molecule has 1 saturated carbocycles. The van der Waals surface area contributed by atoms with E-state index in [-0.39, 0.29) is 11.5 Å². The molecule has 0 unspecified atom stereocenters. The van der Waals surface area contributed by atoms with Crippen molar-refractivity contribution in [3.05, 3.63) is 65.5 Å². The minimum absolute atomic E-state index is 0.215. The number of nitrogens with two attached hydrogens (primary N) is 1. The number of fused-ring (bicyclic) bond motifs is 1. The van der Waals surface area contributed by atoms with Crippen molar-refractivity contribution in [1.29, 1.82) is 0 Å². The largest absolute Gasteiger partial charge is 0.366 e. The van der Waals surface area contributed by atoms with Crippen LogP contribution < -0.4 is 11.1 Å². The van der Waals surface area contributed by atoms with E-state index in [2.05, 4.69) is 11.4 Å². The Labute approximate surface area is 156 Å². The van der Waals surface area contributed by atoms with Crippen molar-refractivity contribution in [2.24, 2.45) is 5.73 Å². The van der Waals surface area contributed by atoms with E-state index >= 15 is 0 Å². The van der Waals surface area contributed by atoms with Crippen LogP contribution in [0.2, 0.25) is 0 Å². The lowest BCUT2D eigenvalue weighted by atomic mass is 9.90. The van der Waals surface area contributed by atoms with Crippen LogP contribution in [0, 0.1) is 5.82 Å². The highest BCUT2D eigenvalue weighted by atomic mass is 19.1. The first-order valence-corrected chi connectivity index (χ1v) is 8.88. The normalized spacial score (nSPS) is 13.6. The molecule has 27 heavy (non-hydrogen) atoms. The van der Waals surface area contributed by atoms with Crippen molar-refractivity contribution in [3.8, 4) is 11.1 Å². The minimum atomic E-state index is -0.644. The molecule has 0 atom stereocenters. The third-order valence-corrected chi connectivity index (χ3v) is 4.94. The van der Waals surface area contributed by atoms with Gasteiger partial charge in [-0.2, -0.15) is 0 Å². The Balaban J connectivity index is 2.08. The van der Waals surface area contributed by atoms with Crippen molar-refractivity contribution >= 4 is 28.3 Å². The Morgan fingerprint density at radius 2 is 1.85 bits per heavy atom. The number of amides is 2.